The maximum atomic E-state index is 13.3. The van der Waals surface area contributed by atoms with Crippen LogP contribution in [-0.4, -0.2) is 48.6 Å². The van der Waals surface area contributed by atoms with Crippen LogP contribution in [0.5, 0.6) is 0 Å². The summed E-state index contributed by atoms with van der Waals surface area (Å²) in [5, 5.41) is 0. The maximum absolute atomic E-state index is 13.3. The first-order chi connectivity index (χ1) is 11.5. The second-order valence-corrected chi connectivity index (χ2v) is 6.93. The van der Waals surface area contributed by atoms with Gasteiger partial charge in [-0.3, -0.25) is 0 Å². The minimum atomic E-state index is -8.01. The molecule has 17 heteroatoms. The van der Waals surface area contributed by atoms with Crippen LogP contribution in [0.3, 0.4) is 0 Å². The van der Waals surface area contributed by atoms with Crippen molar-refractivity contribution in [2.45, 2.75) is 49.1 Å². The Balaban J connectivity index is 5.98. The lowest BCUT2D eigenvalue weighted by atomic mass is 9.93. The SMILES string of the molecule is CCOP(=O)([O-])CCC(F)(F)C(F)(F)C(F)(F)C(F)(F)C(F)(F)C(F)(F)F. The largest absolute Gasteiger partial charge is 0.778 e. The molecule has 0 aliphatic carbocycles. The van der Waals surface area contributed by atoms with Crippen LogP contribution >= 0.6 is 7.60 Å². The Morgan fingerprint density at radius 3 is 1.44 bits per heavy atom. The number of hydrogen-bond acceptors (Lipinski definition) is 3. The van der Waals surface area contributed by atoms with E-state index in [4.69, 9.17) is 0 Å². The van der Waals surface area contributed by atoms with E-state index < -0.39 is 62.6 Å². The van der Waals surface area contributed by atoms with Crippen LogP contribution in [0.15, 0.2) is 0 Å². The zero-order valence-corrected chi connectivity index (χ0v) is 13.6. The smallest absolute Gasteiger partial charge is 0.460 e. The summed E-state index contributed by atoms with van der Waals surface area (Å²) in [5.74, 6) is -37.7. The van der Waals surface area contributed by atoms with E-state index in [9.17, 15) is 66.5 Å². The van der Waals surface area contributed by atoms with E-state index in [1.54, 1.807) is 0 Å². The summed E-state index contributed by atoms with van der Waals surface area (Å²) >= 11 is 0. The average Bonchev–Trinajstić information content (AvgIpc) is 2.43. The Morgan fingerprint density at radius 1 is 0.741 bits per heavy atom. The number of hydrogen-bond donors (Lipinski definition) is 0. The fourth-order valence-corrected chi connectivity index (χ4v) is 2.57. The fourth-order valence-electron chi connectivity index (χ4n) is 1.50. The highest BCUT2D eigenvalue weighted by Gasteiger charge is 2.90. The Hall–Kier alpha value is -0.760. The molecule has 0 aromatic carbocycles. The Kier molecular flexibility index (Phi) is 7.04. The molecule has 164 valence electrons. The molecule has 3 nitrogen and oxygen atoms in total. The molecule has 0 aromatic heterocycles. The number of rotatable bonds is 9. The van der Waals surface area contributed by atoms with Gasteiger partial charge in [0.05, 0.1) is 6.61 Å². The van der Waals surface area contributed by atoms with Crippen molar-refractivity contribution >= 4 is 7.60 Å². The first-order valence-electron chi connectivity index (χ1n) is 6.42. The monoisotopic (exact) mass is 455 g/mol. The number of alkyl halides is 13. The van der Waals surface area contributed by atoms with E-state index in [-0.39, 0.29) is 0 Å². The summed E-state index contributed by atoms with van der Waals surface area (Å²) in [6.07, 6.45) is -12.4. The van der Waals surface area contributed by atoms with Gasteiger partial charge in [-0.2, -0.15) is 57.1 Å². The average molecular weight is 455 g/mol. The van der Waals surface area contributed by atoms with Crippen molar-refractivity contribution in [2.75, 3.05) is 12.8 Å². The molecule has 0 amide bonds. The van der Waals surface area contributed by atoms with Crippen LogP contribution in [0.25, 0.3) is 0 Å². The molecule has 0 rings (SSSR count). The summed E-state index contributed by atoms with van der Waals surface area (Å²) < 4.78 is 181. The molecular formula is C10H9F13O3P-. The van der Waals surface area contributed by atoms with E-state index in [1.807, 2.05) is 0 Å². The predicted octanol–water partition coefficient (Wildman–Crippen LogP) is 4.71. The Bertz CT molecular complexity index is 571. The third-order valence-electron chi connectivity index (χ3n) is 3.02. The van der Waals surface area contributed by atoms with E-state index in [2.05, 4.69) is 4.52 Å². The highest BCUT2D eigenvalue weighted by molar-refractivity contribution is 7.51. The second-order valence-electron chi connectivity index (χ2n) is 5.00. The van der Waals surface area contributed by atoms with Crippen molar-refractivity contribution < 1.29 is 71.1 Å². The van der Waals surface area contributed by atoms with Crippen LogP contribution < -0.4 is 4.89 Å². The third kappa shape index (κ3) is 4.47. The second kappa shape index (κ2) is 7.25. The lowest BCUT2D eigenvalue weighted by molar-refractivity contribution is -0.439. The summed E-state index contributed by atoms with van der Waals surface area (Å²) in [6.45, 7) is 0.264. The zero-order valence-electron chi connectivity index (χ0n) is 12.7. The molecule has 0 radical (unpaired) electrons. The number of halogens is 13. The summed E-state index contributed by atoms with van der Waals surface area (Å²) in [7, 11) is -5.33. The van der Waals surface area contributed by atoms with Crippen molar-refractivity contribution in [1.29, 1.82) is 0 Å². The van der Waals surface area contributed by atoms with E-state index in [0.717, 1.165) is 6.92 Å². The molecule has 27 heavy (non-hydrogen) atoms. The van der Waals surface area contributed by atoms with Crippen LogP contribution in [-0.2, 0) is 9.09 Å². The summed E-state index contributed by atoms with van der Waals surface area (Å²) in [5.41, 5.74) is 0. The first kappa shape index (κ1) is 26.2. The van der Waals surface area contributed by atoms with Crippen LogP contribution in [0.2, 0.25) is 0 Å². The zero-order chi connectivity index (χ0) is 22.3. The predicted molar refractivity (Wildman–Crippen MR) is 59.5 cm³/mol. The van der Waals surface area contributed by atoms with Gasteiger partial charge < -0.3 is 14.0 Å². The summed E-state index contributed by atoms with van der Waals surface area (Å²) in [6, 6.07) is 0. The van der Waals surface area contributed by atoms with Gasteiger partial charge in [0.25, 0.3) is 0 Å². The van der Waals surface area contributed by atoms with Crippen molar-refractivity contribution in [2.24, 2.45) is 0 Å². The molecular weight excluding hydrogens is 446 g/mol. The van der Waals surface area contributed by atoms with Gasteiger partial charge in [-0.15, -0.1) is 0 Å². The van der Waals surface area contributed by atoms with Crippen molar-refractivity contribution in [3.63, 3.8) is 0 Å². The van der Waals surface area contributed by atoms with E-state index in [0.29, 0.717) is 0 Å². The molecule has 0 aliphatic rings. The van der Waals surface area contributed by atoms with Crippen molar-refractivity contribution in [3.05, 3.63) is 0 Å². The van der Waals surface area contributed by atoms with Crippen LogP contribution in [0, 0.1) is 0 Å². The molecule has 0 aromatic rings. The van der Waals surface area contributed by atoms with Gasteiger partial charge in [-0.05, 0) is 6.92 Å². The Labute approximate surface area is 142 Å². The molecule has 0 spiro atoms. The van der Waals surface area contributed by atoms with Gasteiger partial charge in [0.1, 0.15) is 7.60 Å². The normalized spacial score (nSPS) is 17.7. The quantitative estimate of drug-likeness (QED) is 0.374. The standard InChI is InChI=1S/C10H10F13O3P/c1-2-26-27(24,25)4-3-5(11,12)6(13,14)7(15,16)8(17,18)9(19,20)10(21,22)23/h2-4H2,1H3,(H,24,25)/p-1. The minimum absolute atomic E-state index is 0.714. The van der Waals surface area contributed by atoms with Gasteiger partial charge >= 0.3 is 35.8 Å². The topological polar surface area (TPSA) is 49.4 Å². The molecule has 0 fully saturated rings. The van der Waals surface area contributed by atoms with Crippen LogP contribution in [0.1, 0.15) is 13.3 Å². The molecule has 0 bridgehead atoms. The lowest BCUT2D eigenvalue weighted by Crippen LogP contribution is -2.70. The third-order valence-corrected chi connectivity index (χ3v) is 4.45. The Morgan fingerprint density at radius 2 is 1.11 bits per heavy atom. The fraction of sp³-hybridized carbons (Fsp3) is 1.00. The first-order valence-corrected chi connectivity index (χ1v) is 8.15. The molecule has 0 saturated heterocycles. The van der Waals surface area contributed by atoms with Gasteiger partial charge in [0.15, 0.2) is 0 Å². The molecule has 0 saturated carbocycles. The molecule has 0 aliphatic heterocycles. The van der Waals surface area contributed by atoms with Crippen LogP contribution in [0.4, 0.5) is 57.1 Å². The lowest BCUT2D eigenvalue weighted by Gasteiger charge is -2.40. The highest BCUT2D eigenvalue weighted by atomic mass is 31.2. The highest BCUT2D eigenvalue weighted by Crippen LogP contribution is 2.61. The summed E-state index contributed by atoms with van der Waals surface area (Å²) in [4.78, 5) is 11.0. The van der Waals surface area contributed by atoms with Gasteiger partial charge in [-0.25, -0.2) is 0 Å². The van der Waals surface area contributed by atoms with Gasteiger partial charge in [-0.1, -0.05) is 0 Å². The minimum Gasteiger partial charge on any atom is -0.778 e. The molecule has 0 N–H and O–H groups in total. The maximum Gasteiger partial charge on any atom is 0.460 e. The van der Waals surface area contributed by atoms with E-state index >= 15 is 0 Å². The van der Waals surface area contributed by atoms with E-state index in [1.165, 1.54) is 0 Å². The molecule has 0 heterocycles. The van der Waals surface area contributed by atoms with Gasteiger partial charge in [0, 0.05) is 12.6 Å². The van der Waals surface area contributed by atoms with Crippen molar-refractivity contribution in [1.82, 2.24) is 0 Å². The molecule has 1 unspecified atom stereocenters. The van der Waals surface area contributed by atoms with Gasteiger partial charge in [0.2, 0.25) is 0 Å². The van der Waals surface area contributed by atoms with Crippen molar-refractivity contribution in [3.8, 4) is 0 Å². The molecule has 1 atom stereocenters.